The van der Waals surface area contributed by atoms with Gasteiger partial charge in [-0.2, -0.15) is 0 Å². The lowest BCUT2D eigenvalue weighted by Gasteiger charge is -2.36. The van der Waals surface area contributed by atoms with Crippen LogP contribution in [0.1, 0.15) is 33.3 Å². The molecular formula is C16H23NO4. The maximum Gasteiger partial charge on any atom is 0.411 e. The lowest BCUT2D eigenvalue weighted by atomic mass is 10.0. The van der Waals surface area contributed by atoms with Crippen LogP contribution in [0.2, 0.25) is 0 Å². The molecule has 0 bridgehead atoms. The van der Waals surface area contributed by atoms with Crippen LogP contribution in [0.5, 0.6) is 0 Å². The van der Waals surface area contributed by atoms with Gasteiger partial charge in [0.05, 0.1) is 13.2 Å². The second kappa shape index (κ2) is 6.72. The Kier molecular flexibility index (Phi) is 5.49. The number of carbonyl (C=O) groups excluding carboxylic acids is 2. The highest BCUT2D eigenvalue weighted by molar-refractivity contribution is 5.76. The van der Waals surface area contributed by atoms with Crippen molar-refractivity contribution >= 4 is 12.4 Å². The number of ether oxygens (including phenoxy) is 1. The molecule has 0 heterocycles. The van der Waals surface area contributed by atoms with Crippen LogP contribution < -0.4 is 0 Å². The lowest BCUT2D eigenvalue weighted by molar-refractivity contribution is -0.120. The molecule has 1 atom stereocenters. The molecule has 1 amide bonds. The van der Waals surface area contributed by atoms with Crippen LogP contribution in [0.25, 0.3) is 0 Å². The minimum atomic E-state index is -1.32. The van der Waals surface area contributed by atoms with Gasteiger partial charge in [0.15, 0.2) is 0 Å². The van der Waals surface area contributed by atoms with Crippen molar-refractivity contribution in [2.45, 2.75) is 45.4 Å². The van der Waals surface area contributed by atoms with E-state index in [0.717, 1.165) is 5.56 Å². The number of benzene rings is 1. The number of hydrogen-bond acceptors (Lipinski definition) is 4. The van der Waals surface area contributed by atoms with Crippen molar-refractivity contribution in [1.82, 2.24) is 4.90 Å². The molecule has 1 unspecified atom stereocenters. The van der Waals surface area contributed by atoms with Crippen molar-refractivity contribution in [3.8, 4) is 0 Å². The molecule has 0 aliphatic rings. The van der Waals surface area contributed by atoms with Crippen molar-refractivity contribution in [3.63, 3.8) is 0 Å². The summed E-state index contributed by atoms with van der Waals surface area (Å²) in [6.07, 6.45) is -0.0603. The summed E-state index contributed by atoms with van der Waals surface area (Å²) >= 11 is 0. The molecule has 0 saturated carbocycles. The fourth-order valence-corrected chi connectivity index (χ4v) is 1.72. The molecule has 0 spiro atoms. The van der Waals surface area contributed by atoms with Crippen molar-refractivity contribution < 1.29 is 19.4 Å². The van der Waals surface area contributed by atoms with E-state index in [2.05, 4.69) is 0 Å². The third-order valence-corrected chi connectivity index (χ3v) is 2.99. The number of hydrogen-bond donors (Lipinski definition) is 1. The molecule has 116 valence electrons. The molecule has 0 aromatic heterocycles. The van der Waals surface area contributed by atoms with Gasteiger partial charge in [0, 0.05) is 0 Å². The van der Waals surface area contributed by atoms with Gasteiger partial charge >= 0.3 is 6.09 Å². The molecule has 0 fully saturated rings. The number of amides is 1. The topological polar surface area (TPSA) is 66.8 Å². The summed E-state index contributed by atoms with van der Waals surface area (Å²) in [5.41, 5.74) is -1.14. The number of carbonyl (C=O) groups is 2. The first-order chi connectivity index (χ1) is 9.72. The minimum absolute atomic E-state index is 0.186. The van der Waals surface area contributed by atoms with Gasteiger partial charge in [-0.15, -0.1) is 0 Å². The zero-order chi connectivity index (χ0) is 16.1. The second-order valence-corrected chi connectivity index (χ2v) is 6.19. The first-order valence-electron chi connectivity index (χ1n) is 6.83. The fourth-order valence-electron chi connectivity index (χ4n) is 1.72. The summed E-state index contributed by atoms with van der Waals surface area (Å²) in [4.78, 5) is 25.0. The second-order valence-electron chi connectivity index (χ2n) is 6.19. The molecule has 5 nitrogen and oxygen atoms in total. The Hall–Kier alpha value is -1.88. The van der Waals surface area contributed by atoms with Crippen LogP contribution in [0.4, 0.5) is 4.79 Å². The van der Waals surface area contributed by atoms with E-state index in [9.17, 15) is 14.7 Å². The maximum absolute atomic E-state index is 12.4. The largest absolute Gasteiger partial charge is 0.444 e. The molecule has 1 aromatic carbocycles. The Morgan fingerprint density at radius 2 is 1.81 bits per heavy atom. The zero-order valence-corrected chi connectivity index (χ0v) is 13.0. The summed E-state index contributed by atoms with van der Waals surface area (Å²) in [6.45, 7) is 6.48. The van der Waals surface area contributed by atoms with Gasteiger partial charge in [0.1, 0.15) is 17.4 Å². The van der Waals surface area contributed by atoms with E-state index in [4.69, 9.17) is 4.74 Å². The Morgan fingerprint density at radius 3 is 2.24 bits per heavy atom. The molecule has 21 heavy (non-hydrogen) atoms. The number of nitrogens with zero attached hydrogens (tertiary/aromatic N) is 1. The molecule has 0 aliphatic carbocycles. The van der Waals surface area contributed by atoms with Gasteiger partial charge < -0.3 is 14.6 Å². The molecule has 1 N–H and O–H groups in total. The zero-order valence-electron chi connectivity index (χ0n) is 13.0. The van der Waals surface area contributed by atoms with Crippen molar-refractivity contribution in [1.29, 1.82) is 0 Å². The lowest BCUT2D eigenvalue weighted by Crippen LogP contribution is -2.54. The third kappa shape index (κ3) is 4.86. The average Bonchev–Trinajstić information content (AvgIpc) is 2.43. The van der Waals surface area contributed by atoms with E-state index >= 15 is 0 Å². The SMILES string of the molecule is CC(C)(C)OC(=O)N(Cc1ccccc1)C(C)(C=O)CO. The standard InChI is InChI=1S/C16H23NO4/c1-15(2,3)21-14(20)17(16(4,11-18)12-19)10-13-8-6-5-7-9-13/h5-9,11,19H,10,12H2,1-4H3. The van der Waals surface area contributed by atoms with Crippen LogP contribution in [-0.2, 0) is 16.1 Å². The Labute approximate surface area is 125 Å². The van der Waals surface area contributed by atoms with E-state index < -0.39 is 23.8 Å². The quantitative estimate of drug-likeness (QED) is 0.846. The molecule has 1 aromatic rings. The normalized spacial score (nSPS) is 14.1. The predicted molar refractivity (Wildman–Crippen MR) is 79.8 cm³/mol. The van der Waals surface area contributed by atoms with E-state index in [0.29, 0.717) is 6.29 Å². The van der Waals surface area contributed by atoms with Crippen LogP contribution in [0.15, 0.2) is 30.3 Å². The van der Waals surface area contributed by atoms with Gasteiger partial charge in [-0.25, -0.2) is 4.79 Å². The summed E-state index contributed by atoms with van der Waals surface area (Å²) in [5.74, 6) is 0. The smallest absolute Gasteiger partial charge is 0.411 e. The van der Waals surface area contributed by atoms with Crippen molar-refractivity contribution in [2.75, 3.05) is 6.61 Å². The molecule has 0 saturated heterocycles. The van der Waals surface area contributed by atoms with E-state index in [1.807, 2.05) is 30.3 Å². The van der Waals surface area contributed by atoms with Crippen molar-refractivity contribution in [2.24, 2.45) is 0 Å². The maximum atomic E-state index is 12.4. The molecule has 0 aliphatic heterocycles. The van der Waals surface area contributed by atoms with Crippen molar-refractivity contribution in [3.05, 3.63) is 35.9 Å². The highest BCUT2D eigenvalue weighted by Crippen LogP contribution is 2.20. The third-order valence-electron chi connectivity index (χ3n) is 2.99. The first-order valence-corrected chi connectivity index (χ1v) is 6.83. The van der Waals surface area contributed by atoms with Gasteiger partial charge in [-0.05, 0) is 33.3 Å². The monoisotopic (exact) mass is 293 g/mol. The minimum Gasteiger partial charge on any atom is -0.444 e. The molecular weight excluding hydrogens is 270 g/mol. The van der Waals surface area contributed by atoms with Gasteiger partial charge in [-0.3, -0.25) is 4.90 Å². The summed E-state index contributed by atoms with van der Waals surface area (Å²) in [6, 6.07) is 9.26. The molecule has 0 radical (unpaired) electrons. The number of aldehydes is 1. The average molecular weight is 293 g/mol. The Balaban J connectivity index is 3.05. The van der Waals surface area contributed by atoms with E-state index in [1.165, 1.54) is 11.8 Å². The number of rotatable bonds is 5. The van der Waals surface area contributed by atoms with Gasteiger partial charge in [-0.1, -0.05) is 30.3 Å². The van der Waals surface area contributed by atoms with Gasteiger partial charge in [0.2, 0.25) is 0 Å². The summed E-state index contributed by atoms with van der Waals surface area (Å²) in [5, 5.41) is 9.50. The predicted octanol–water partition coefficient (Wildman–Crippen LogP) is 2.37. The van der Waals surface area contributed by atoms with E-state index in [1.54, 1.807) is 20.8 Å². The first kappa shape index (κ1) is 17.2. The fraction of sp³-hybridized carbons (Fsp3) is 0.500. The van der Waals surface area contributed by atoms with Crippen LogP contribution in [-0.4, -0.2) is 40.1 Å². The molecule has 1 rings (SSSR count). The highest BCUT2D eigenvalue weighted by Gasteiger charge is 2.37. The summed E-state index contributed by atoms with van der Waals surface area (Å²) < 4.78 is 5.34. The van der Waals surface area contributed by atoms with Crippen LogP contribution >= 0.6 is 0 Å². The Bertz CT molecular complexity index is 481. The molecule has 5 heteroatoms. The van der Waals surface area contributed by atoms with E-state index in [-0.39, 0.29) is 6.54 Å². The number of aliphatic hydroxyl groups excluding tert-OH is 1. The van der Waals surface area contributed by atoms with Crippen LogP contribution in [0, 0.1) is 0 Å². The Morgan fingerprint density at radius 1 is 1.24 bits per heavy atom. The number of aliphatic hydroxyl groups is 1. The van der Waals surface area contributed by atoms with Crippen LogP contribution in [0.3, 0.4) is 0 Å². The highest BCUT2D eigenvalue weighted by atomic mass is 16.6. The summed E-state index contributed by atoms with van der Waals surface area (Å²) in [7, 11) is 0. The van der Waals surface area contributed by atoms with Gasteiger partial charge in [0.25, 0.3) is 0 Å².